The largest absolute Gasteiger partial charge is 0.481 e. The van der Waals surface area contributed by atoms with Crippen molar-refractivity contribution in [1.29, 1.82) is 0 Å². The highest BCUT2D eigenvalue weighted by Gasteiger charge is 2.36. The maximum absolute atomic E-state index is 13.4. The molecule has 2 heterocycles. The summed E-state index contributed by atoms with van der Waals surface area (Å²) >= 11 is 1.41. The van der Waals surface area contributed by atoms with Crippen molar-refractivity contribution in [1.82, 2.24) is 5.32 Å². The molecule has 1 aliphatic heterocycles. The monoisotopic (exact) mass is 536 g/mol. The van der Waals surface area contributed by atoms with Gasteiger partial charge in [0.15, 0.2) is 15.9 Å². The van der Waals surface area contributed by atoms with E-state index in [0.717, 1.165) is 29.7 Å². The molecule has 1 aromatic heterocycles. The van der Waals surface area contributed by atoms with Gasteiger partial charge in [0.25, 0.3) is 11.8 Å². The molecule has 7 nitrogen and oxygen atoms in total. The van der Waals surface area contributed by atoms with Gasteiger partial charge in [0.2, 0.25) is 0 Å². The Balaban J connectivity index is 1.57. The standard InChI is InChI=1S/C26H33FN2O5S2/c1-15(34-19-8-6-17(27)7-9-19)23(30)29-25-22(24(31)28-18-11-12-36(32,33)14-18)20-10-5-16(26(2,3)4)13-21(20)35-25/h6-9,15-16,18H,5,10-14H2,1-4H3,(H,28,31)(H,29,30)/t15-,16+,18+/m0/s1. The summed E-state index contributed by atoms with van der Waals surface area (Å²) in [7, 11) is -3.15. The molecule has 2 amide bonds. The van der Waals surface area contributed by atoms with E-state index in [1.54, 1.807) is 6.92 Å². The number of hydrogen-bond donors (Lipinski definition) is 2. The number of hydrogen-bond acceptors (Lipinski definition) is 6. The second-order valence-electron chi connectivity index (χ2n) is 10.8. The van der Waals surface area contributed by atoms with E-state index in [1.807, 2.05) is 0 Å². The zero-order valence-electron chi connectivity index (χ0n) is 21.0. The maximum atomic E-state index is 13.4. The van der Waals surface area contributed by atoms with Gasteiger partial charge >= 0.3 is 0 Å². The summed E-state index contributed by atoms with van der Waals surface area (Å²) in [5, 5.41) is 6.21. The van der Waals surface area contributed by atoms with Crippen molar-refractivity contribution < 1.29 is 27.1 Å². The van der Waals surface area contributed by atoms with E-state index in [9.17, 15) is 22.4 Å². The molecule has 1 aromatic carbocycles. The van der Waals surface area contributed by atoms with Crippen LogP contribution in [-0.4, -0.2) is 43.9 Å². The third-order valence-electron chi connectivity index (χ3n) is 7.02. The summed E-state index contributed by atoms with van der Waals surface area (Å²) < 4.78 is 42.6. The number of ether oxygens (including phenoxy) is 1. The fourth-order valence-corrected chi connectivity index (χ4v) is 7.81. The number of amides is 2. The molecule has 2 aliphatic rings. The smallest absolute Gasteiger partial charge is 0.265 e. The third kappa shape index (κ3) is 6.08. The minimum Gasteiger partial charge on any atom is -0.481 e. The highest BCUT2D eigenvalue weighted by Crippen LogP contribution is 2.44. The van der Waals surface area contributed by atoms with E-state index in [4.69, 9.17) is 4.74 Å². The Hall–Kier alpha value is -2.46. The van der Waals surface area contributed by atoms with Crippen LogP contribution < -0.4 is 15.4 Å². The molecule has 0 saturated carbocycles. The van der Waals surface area contributed by atoms with Crippen LogP contribution in [-0.2, 0) is 27.5 Å². The third-order valence-corrected chi connectivity index (χ3v) is 9.95. The molecular weight excluding hydrogens is 503 g/mol. The molecule has 0 unspecified atom stereocenters. The first-order valence-electron chi connectivity index (χ1n) is 12.2. The molecule has 1 aliphatic carbocycles. The van der Waals surface area contributed by atoms with Gasteiger partial charge in [-0.25, -0.2) is 12.8 Å². The minimum absolute atomic E-state index is 0.0643. The number of sulfone groups is 1. The zero-order chi connectivity index (χ0) is 26.3. The van der Waals surface area contributed by atoms with E-state index >= 15 is 0 Å². The van der Waals surface area contributed by atoms with Gasteiger partial charge in [0, 0.05) is 10.9 Å². The topological polar surface area (TPSA) is 102 Å². The van der Waals surface area contributed by atoms with Crippen molar-refractivity contribution in [3.05, 3.63) is 46.1 Å². The van der Waals surface area contributed by atoms with E-state index in [1.165, 1.54) is 35.6 Å². The van der Waals surface area contributed by atoms with Crippen LogP contribution in [0.2, 0.25) is 0 Å². The summed E-state index contributed by atoms with van der Waals surface area (Å²) in [6, 6.07) is 4.97. The summed E-state index contributed by atoms with van der Waals surface area (Å²) in [5.41, 5.74) is 1.47. The SMILES string of the molecule is C[C@H](Oc1ccc(F)cc1)C(=O)Nc1sc2c(c1C(=O)N[C@@H]1CCS(=O)(=O)C1)CC[C@@H](C(C)(C)C)C2. The zero-order valence-corrected chi connectivity index (χ0v) is 22.7. The van der Waals surface area contributed by atoms with Crippen molar-refractivity contribution in [2.75, 3.05) is 16.8 Å². The number of carbonyl (C=O) groups excluding carboxylic acids is 2. The molecule has 4 rings (SSSR count). The number of carbonyl (C=O) groups is 2. The molecule has 10 heteroatoms. The van der Waals surface area contributed by atoms with Gasteiger partial charge < -0.3 is 15.4 Å². The number of nitrogens with one attached hydrogen (secondary N) is 2. The Morgan fingerprint density at radius 3 is 2.47 bits per heavy atom. The van der Waals surface area contributed by atoms with Crippen molar-refractivity contribution >= 4 is 38.0 Å². The number of anilines is 1. The van der Waals surface area contributed by atoms with Crippen molar-refractivity contribution in [2.24, 2.45) is 11.3 Å². The Kier molecular flexibility index (Phi) is 7.48. The molecule has 1 fully saturated rings. The van der Waals surface area contributed by atoms with Crippen LogP contribution in [0.1, 0.15) is 61.3 Å². The fraction of sp³-hybridized carbons (Fsp3) is 0.538. The van der Waals surface area contributed by atoms with Gasteiger partial charge in [-0.15, -0.1) is 11.3 Å². The quantitative estimate of drug-likeness (QED) is 0.571. The van der Waals surface area contributed by atoms with Crippen LogP contribution in [0.5, 0.6) is 5.75 Å². The van der Waals surface area contributed by atoms with Crippen molar-refractivity contribution in [3.8, 4) is 5.75 Å². The van der Waals surface area contributed by atoms with Crippen LogP contribution in [0.25, 0.3) is 0 Å². The molecule has 2 aromatic rings. The lowest BCUT2D eigenvalue weighted by molar-refractivity contribution is -0.122. The molecule has 0 radical (unpaired) electrons. The molecular formula is C26H33FN2O5S2. The molecule has 1 saturated heterocycles. The number of thiophene rings is 1. The molecule has 0 spiro atoms. The van der Waals surface area contributed by atoms with Gasteiger partial charge in [0.05, 0.1) is 17.1 Å². The first kappa shape index (κ1) is 26.6. The molecule has 36 heavy (non-hydrogen) atoms. The highest BCUT2D eigenvalue weighted by molar-refractivity contribution is 7.91. The summed E-state index contributed by atoms with van der Waals surface area (Å²) in [5.74, 6) is -0.380. The lowest BCUT2D eigenvalue weighted by Crippen LogP contribution is -2.37. The van der Waals surface area contributed by atoms with Crippen LogP contribution >= 0.6 is 11.3 Å². The van der Waals surface area contributed by atoms with Crippen LogP contribution in [0, 0.1) is 17.2 Å². The molecule has 2 N–H and O–H groups in total. The lowest BCUT2D eigenvalue weighted by Gasteiger charge is -2.33. The Morgan fingerprint density at radius 2 is 1.86 bits per heavy atom. The van der Waals surface area contributed by atoms with E-state index < -0.39 is 33.7 Å². The average molecular weight is 537 g/mol. The highest BCUT2D eigenvalue weighted by atomic mass is 32.2. The fourth-order valence-electron chi connectivity index (χ4n) is 4.80. The van der Waals surface area contributed by atoms with Crippen LogP contribution in [0.4, 0.5) is 9.39 Å². The maximum Gasteiger partial charge on any atom is 0.265 e. The second-order valence-corrected chi connectivity index (χ2v) is 14.1. The van der Waals surface area contributed by atoms with Gasteiger partial charge in [-0.2, -0.15) is 0 Å². The van der Waals surface area contributed by atoms with Crippen LogP contribution in [0.15, 0.2) is 24.3 Å². The molecule has 3 atom stereocenters. The minimum atomic E-state index is -3.15. The van der Waals surface area contributed by atoms with Gasteiger partial charge in [0.1, 0.15) is 16.6 Å². The summed E-state index contributed by atoms with van der Waals surface area (Å²) in [4.78, 5) is 27.5. The number of fused-ring (bicyclic) bond motifs is 1. The number of halogens is 1. The predicted octanol–water partition coefficient (Wildman–Crippen LogP) is 4.36. The Morgan fingerprint density at radius 1 is 1.17 bits per heavy atom. The van der Waals surface area contributed by atoms with E-state index in [2.05, 4.69) is 31.4 Å². The summed E-state index contributed by atoms with van der Waals surface area (Å²) in [6.07, 6.45) is 1.98. The van der Waals surface area contributed by atoms with E-state index in [-0.39, 0.29) is 22.8 Å². The summed E-state index contributed by atoms with van der Waals surface area (Å²) in [6.45, 7) is 8.22. The van der Waals surface area contributed by atoms with Crippen molar-refractivity contribution in [2.45, 2.75) is 65.5 Å². The average Bonchev–Trinajstić information content (AvgIpc) is 3.32. The molecule has 196 valence electrons. The van der Waals surface area contributed by atoms with Gasteiger partial charge in [-0.1, -0.05) is 20.8 Å². The first-order valence-corrected chi connectivity index (χ1v) is 14.8. The number of rotatable bonds is 6. The Bertz CT molecular complexity index is 1250. The normalized spacial score (nSPS) is 21.9. The van der Waals surface area contributed by atoms with E-state index in [0.29, 0.717) is 28.7 Å². The lowest BCUT2D eigenvalue weighted by atomic mass is 9.72. The van der Waals surface area contributed by atoms with Gasteiger partial charge in [-0.05, 0) is 73.8 Å². The Labute approximate surface area is 215 Å². The second kappa shape index (κ2) is 10.1. The molecule has 0 bridgehead atoms. The van der Waals surface area contributed by atoms with Crippen LogP contribution in [0.3, 0.4) is 0 Å². The van der Waals surface area contributed by atoms with Crippen molar-refractivity contribution in [3.63, 3.8) is 0 Å². The first-order chi connectivity index (χ1) is 16.8. The predicted molar refractivity (Wildman–Crippen MR) is 139 cm³/mol. The van der Waals surface area contributed by atoms with Gasteiger partial charge in [-0.3, -0.25) is 9.59 Å². The number of benzene rings is 1.